The Kier molecular flexibility index (Phi) is 4.58. The first-order valence-electron chi connectivity index (χ1n) is 8.29. The average molecular weight is 284 g/mol. The standard InChI is InChI=1S/C19H23FN/c20-19-12-17(10-11-18(19)13-21)16-8-6-15(7-9-16)14-4-2-1-3-5-14/h1,10-12,14-16H,2-9H2/t15-,16-. The second kappa shape index (κ2) is 6.60. The van der Waals surface area contributed by atoms with Crippen molar-refractivity contribution in [2.24, 2.45) is 11.8 Å². The van der Waals surface area contributed by atoms with Crippen molar-refractivity contribution in [1.82, 2.24) is 0 Å². The molecule has 0 aromatic heterocycles. The van der Waals surface area contributed by atoms with Gasteiger partial charge in [0.25, 0.3) is 0 Å². The fraction of sp³-hybridized carbons (Fsp3) is 0.579. The molecular formula is C19H23FN. The molecular weight excluding hydrogens is 261 g/mol. The minimum absolute atomic E-state index is 0.158. The van der Waals surface area contributed by atoms with E-state index in [2.05, 4.69) is 6.42 Å². The van der Waals surface area contributed by atoms with Gasteiger partial charge in [-0.3, -0.25) is 0 Å². The Hall–Kier alpha value is -1.36. The summed E-state index contributed by atoms with van der Waals surface area (Å²) in [4.78, 5) is 0. The third kappa shape index (κ3) is 3.28. The number of nitriles is 1. The molecule has 2 aliphatic rings. The molecule has 0 bridgehead atoms. The first-order valence-corrected chi connectivity index (χ1v) is 8.29. The molecule has 2 saturated carbocycles. The van der Waals surface area contributed by atoms with Crippen molar-refractivity contribution in [3.05, 3.63) is 41.6 Å². The van der Waals surface area contributed by atoms with Gasteiger partial charge in [0.2, 0.25) is 0 Å². The van der Waals surface area contributed by atoms with Crippen LogP contribution in [0, 0.1) is 35.4 Å². The van der Waals surface area contributed by atoms with Crippen LogP contribution in [0.1, 0.15) is 68.4 Å². The van der Waals surface area contributed by atoms with Gasteiger partial charge in [-0.1, -0.05) is 6.07 Å². The summed E-state index contributed by atoms with van der Waals surface area (Å²) in [5.74, 6) is 1.94. The van der Waals surface area contributed by atoms with Crippen molar-refractivity contribution in [3.8, 4) is 6.07 Å². The van der Waals surface area contributed by atoms with Crippen molar-refractivity contribution < 1.29 is 4.39 Å². The van der Waals surface area contributed by atoms with E-state index in [1.165, 1.54) is 51.4 Å². The lowest BCUT2D eigenvalue weighted by atomic mass is 9.70. The minimum Gasteiger partial charge on any atom is -0.206 e. The summed E-state index contributed by atoms with van der Waals surface area (Å²) in [6.07, 6.45) is 12.7. The normalized spacial score (nSPS) is 27.2. The predicted molar refractivity (Wildman–Crippen MR) is 82.1 cm³/mol. The number of rotatable bonds is 2. The fourth-order valence-electron chi connectivity index (χ4n) is 4.22. The van der Waals surface area contributed by atoms with Crippen molar-refractivity contribution in [1.29, 1.82) is 5.26 Å². The first kappa shape index (κ1) is 14.6. The molecule has 0 N–H and O–H groups in total. The Labute approximate surface area is 127 Å². The monoisotopic (exact) mass is 284 g/mol. The topological polar surface area (TPSA) is 23.8 Å². The van der Waals surface area contributed by atoms with E-state index in [-0.39, 0.29) is 11.4 Å². The number of hydrogen-bond donors (Lipinski definition) is 0. The molecule has 0 unspecified atom stereocenters. The number of halogens is 1. The van der Waals surface area contributed by atoms with E-state index in [0.29, 0.717) is 5.92 Å². The van der Waals surface area contributed by atoms with Crippen LogP contribution in [-0.4, -0.2) is 0 Å². The lowest BCUT2D eigenvalue weighted by molar-refractivity contribution is 0.199. The zero-order valence-electron chi connectivity index (χ0n) is 12.5. The Morgan fingerprint density at radius 1 is 0.952 bits per heavy atom. The highest BCUT2D eigenvalue weighted by Crippen LogP contribution is 2.42. The molecule has 0 aliphatic heterocycles. The lowest BCUT2D eigenvalue weighted by Crippen LogP contribution is -2.23. The summed E-state index contributed by atoms with van der Waals surface area (Å²) in [6, 6.07) is 7.06. The van der Waals surface area contributed by atoms with Gasteiger partial charge in [0, 0.05) is 0 Å². The summed E-state index contributed by atoms with van der Waals surface area (Å²) in [5, 5.41) is 8.81. The van der Waals surface area contributed by atoms with Crippen molar-refractivity contribution in [2.75, 3.05) is 0 Å². The van der Waals surface area contributed by atoms with E-state index >= 15 is 0 Å². The maximum Gasteiger partial charge on any atom is 0.141 e. The molecule has 2 heteroatoms. The maximum absolute atomic E-state index is 13.7. The molecule has 1 aromatic rings. The molecule has 0 spiro atoms. The van der Waals surface area contributed by atoms with E-state index in [1.54, 1.807) is 12.1 Å². The molecule has 2 fully saturated rings. The number of benzene rings is 1. The van der Waals surface area contributed by atoms with Gasteiger partial charge in [-0.05, 0) is 93.2 Å². The van der Waals surface area contributed by atoms with Gasteiger partial charge in [0.1, 0.15) is 11.9 Å². The second-order valence-electron chi connectivity index (χ2n) is 6.67. The molecule has 0 saturated heterocycles. The van der Waals surface area contributed by atoms with Crippen LogP contribution in [0.3, 0.4) is 0 Å². The third-order valence-electron chi connectivity index (χ3n) is 5.51. The van der Waals surface area contributed by atoms with E-state index in [9.17, 15) is 4.39 Å². The summed E-state index contributed by atoms with van der Waals surface area (Å²) >= 11 is 0. The summed E-state index contributed by atoms with van der Waals surface area (Å²) in [6.45, 7) is 0. The van der Waals surface area contributed by atoms with E-state index in [4.69, 9.17) is 5.26 Å². The van der Waals surface area contributed by atoms with Gasteiger partial charge >= 0.3 is 0 Å². The van der Waals surface area contributed by atoms with Crippen LogP contribution in [0.5, 0.6) is 0 Å². The first-order chi connectivity index (χ1) is 10.3. The molecule has 1 radical (unpaired) electrons. The van der Waals surface area contributed by atoms with Crippen LogP contribution in [0.15, 0.2) is 18.2 Å². The van der Waals surface area contributed by atoms with Gasteiger partial charge in [-0.15, -0.1) is 0 Å². The summed E-state index contributed by atoms with van der Waals surface area (Å²) in [5.41, 5.74) is 1.24. The van der Waals surface area contributed by atoms with E-state index < -0.39 is 0 Å². The predicted octanol–water partition coefficient (Wildman–Crippen LogP) is 5.37. The molecule has 3 rings (SSSR count). The summed E-state index contributed by atoms with van der Waals surface area (Å²) < 4.78 is 13.7. The van der Waals surface area contributed by atoms with Gasteiger partial charge in [0.05, 0.1) is 5.56 Å². The Balaban J connectivity index is 1.60. The van der Waals surface area contributed by atoms with Crippen LogP contribution >= 0.6 is 0 Å². The van der Waals surface area contributed by atoms with Crippen LogP contribution in [0.2, 0.25) is 0 Å². The van der Waals surface area contributed by atoms with Crippen LogP contribution in [0.4, 0.5) is 4.39 Å². The molecule has 1 aromatic carbocycles. The molecule has 2 aliphatic carbocycles. The Morgan fingerprint density at radius 3 is 2.24 bits per heavy atom. The summed E-state index contributed by atoms with van der Waals surface area (Å²) in [7, 11) is 0. The number of nitrogens with zero attached hydrogens (tertiary/aromatic N) is 1. The zero-order valence-corrected chi connectivity index (χ0v) is 12.5. The smallest absolute Gasteiger partial charge is 0.141 e. The molecule has 0 atom stereocenters. The van der Waals surface area contributed by atoms with Crippen molar-refractivity contribution in [3.63, 3.8) is 0 Å². The number of hydrogen-bond acceptors (Lipinski definition) is 1. The fourth-order valence-corrected chi connectivity index (χ4v) is 4.22. The van der Waals surface area contributed by atoms with Crippen LogP contribution in [0.25, 0.3) is 0 Å². The second-order valence-corrected chi connectivity index (χ2v) is 6.67. The highest BCUT2D eigenvalue weighted by atomic mass is 19.1. The highest BCUT2D eigenvalue weighted by molar-refractivity contribution is 5.34. The molecule has 0 amide bonds. The van der Waals surface area contributed by atoms with Crippen LogP contribution < -0.4 is 0 Å². The Morgan fingerprint density at radius 2 is 1.62 bits per heavy atom. The molecule has 111 valence electrons. The largest absolute Gasteiger partial charge is 0.206 e. The van der Waals surface area contributed by atoms with E-state index in [0.717, 1.165) is 17.4 Å². The minimum atomic E-state index is -0.361. The maximum atomic E-state index is 13.7. The zero-order chi connectivity index (χ0) is 14.7. The van der Waals surface area contributed by atoms with Gasteiger partial charge in [-0.25, -0.2) is 4.39 Å². The highest BCUT2D eigenvalue weighted by Gasteiger charge is 2.29. The molecule has 0 heterocycles. The van der Waals surface area contributed by atoms with Crippen molar-refractivity contribution >= 4 is 0 Å². The van der Waals surface area contributed by atoms with Gasteiger partial charge in [0.15, 0.2) is 0 Å². The molecule has 21 heavy (non-hydrogen) atoms. The van der Waals surface area contributed by atoms with Gasteiger partial charge in [-0.2, -0.15) is 5.26 Å². The van der Waals surface area contributed by atoms with Crippen molar-refractivity contribution in [2.45, 2.75) is 57.3 Å². The quantitative estimate of drug-likeness (QED) is 0.716. The van der Waals surface area contributed by atoms with Crippen LogP contribution in [-0.2, 0) is 0 Å². The molecule has 1 nitrogen and oxygen atoms in total. The van der Waals surface area contributed by atoms with Gasteiger partial charge < -0.3 is 0 Å². The Bertz CT molecular complexity index is 517. The SMILES string of the molecule is N#Cc1ccc([C@H]2CC[C@H](C3CC[CH]CC3)CC2)cc1F. The van der Waals surface area contributed by atoms with E-state index in [1.807, 2.05) is 12.1 Å². The average Bonchev–Trinajstić information content (AvgIpc) is 2.56. The lowest BCUT2D eigenvalue weighted by Gasteiger charge is -2.36. The third-order valence-corrected chi connectivity index (χ3v) is 5.51.